The predicted octanol–water partition coefficient (Wildman–Crippen LogP) is 1.78. The smallest absolute Gasteiger partial charge is 0.103 e. The highest BCUT2D eigenvalue weighted by molar-refractivity contribution is 5.03. The molecule has 0 rings (SSSR count). The molecule has 0 saturated carbocycles. The third-order valence-corrected chi connectivity index (χ3v) is 2.43. The van der Waals surface area contributed by atoms with Crippen LogP contribution in [0.2, 0.25) is 0 Å². The van der Waals surface area contributed by atoms with E-state index in [9.17, 15) is 5.11 Å². The van der Waals surface area contributed by atoms with Crippen molar-refractivity contribution in [2.75, 3.05) is 6.61 Å². The minimum Gasteiger partial charge on any atom is -0.394 e. The summed E-state index contributed by atoms with van der Waals surface area (Å²) in [6.45, 7) is 5.75. The Hall–Kier alpha value is -0.640. The van der Waals surface area contributed by atoms with Gasteiger partial charge in [-0.2, -0.15) is 0 Å². The summed E-state index contributed by atoms with van der Waals surface area (Å²) in [5.74, 6) is 0. The van der Waals surface area contributed by atoms with Crippen molar-refractivity contribution in [3.63, 3.8) is 0 Å². The Labute approximate surface area is 98.1 Å². The molecule has 0 saturated heterocycles. The van der Waals surface area contributed by atoms with Crippen LogP contribution in [0.5, 0.6) is 0 Å². The first kappa shape index (κ1) is 15.4. The second-order valence-electron chi connectivity index (χ2n) is 4.42. The fraction of sp³-hybridized carbons (Fsp3) is 0.692. The Balaban J connectivity index is 3.90. The van der Waals surface area contributed by atoms with Crippen molar-refractivity contribution in [1.29, 1.82) is 0 Å². The molecule has 0 aromatic rings. The second-order valence-corrected chi connectivity index (χ2v) is 4.42. The summed E-state index contributed by atoms with van der Waals surface area (Å²) in [6, 6.07) is 0. The summed E-state index contributed by atoms with van der Waals surface area (Å²) in [5, 5.41) is 27.2. The van der Waals surface area contributed by atoms with Crippen molar-refractivity contribution < 1.29 is 15.3 Å². The topological polar surface area (TPSA) is 60.7 Å². The van der Waals surface area contributed by atoms with E-state index in [1.165, 1.54) is 11.1 Å². The van der Waals surface area contributed by atoms with Gasteiger partial charge in [0.1, 0.15) is 6.10 Å². The first-order valence-corrected chi connectivity index (χ1v) is 5.73. The van der Waals surface area contributed by atoms with Gasteiger partial charge in [0.05, 0.1) is 12.7 Å². The zero-order chi connectivity index (χ0) is 12.6. The molecule has 0 aromatic heterocycles. The van der Waals surface area contributed by atoms with E-state index in [1.807, 2.05) is 13.0 Å². The minimum atomic E-state index is -1.04. The number of hydrogen-bond acceptors (Lipinski definition) is 3. The molecule has 0 bridgehead atoms. The Morgan fingerprint density at radius 1 is 1.06 bits per heavy atom. The van der Waals surface area contributed by atoms with Gasteiger partial charge >= 0.3 is 0 Å². The first-order chi connectivity index (χ1) is 7.47. The van der Waals surface area contributed by atoms with Crippen LogP contribution in [-0.4, -0.2) is 34.1 Å². The Kier molecular flexibility index (Phi) is 8.16. The zero-order valence-corrected chi connectivity index (χ0v) is 10.5. The van der Waals surface area contributed by atoms with E-state index >= 15 is 0 Å². The van der Waals surface area contributed by atoms with Gasteiger partial charge in [-0.1, -0.05) is 23.3 Å². The first-order valence-electron chi connectivity index (χ1n) is 5.73. The molecular weight excluding hydrogens is 204 g/mol. The Morgan fingerprint density at radius 3 is 2.19 bits per heavy atom. The largest absolute Gasteiger partial charge is 0.394 e. The van der Waals surface area contributed by atoms with Crippen LogP contribution in [0.25, 0.3) is 0 Å². The molecule has 16 heavy (non-hydrogen) atoms. The van der Waals surface area contributed by atoms with E-state index in [2.05, 4.69) is 19.9 Å². The van der Waals surface area contributed by atoms with Gasteiger partial charge in [-0.3, -0.25) is 0 Å². The maximum Gasteiger partial charge on any atom is 0.103 e. The molecule has 0 aliphatic heterocycles. The number of rotatable bonds is 7. The maximum atomic E-state index is 9.41. The molecule has 2 unspecified atom stereocenters. The number of aliphatic hydroxyl groups is 3. The molecule has 3 N–H and O–H groups in total. The van der Waals surface area contributed by atoms with E-state index < -0.39 is 18.8 Å². The summed E-state index contributed by atoms with van der Waals surface area (Å²) in [6.07, 6.45) is 4.54. The van der Waals surface area contributed by atoms with Crippen molar-refractivity contribution in [3.05, 3.63) is 23.3 Å². The maximum absolute atomic E-state index is 9.41. The molecule has 94 valence electrons. The zero-order valence-electron chi connectivity index (χ0n) is 10.5. The molecule has 0 radical (unpaired) electrons. The molecule has 3 nitrogen and oxygen atoms in total. The van der Waals surface area contributed by atoms with Gasteiger partial charge in [0.25, 0.3) is 0 Å². The summed E-state index contributed by atoms with van der Waals surface area (Å²) >= 11 is 0. The molecule has 0 amide bonds. The average Bonchev–Trinajstić information content (AvgIpc) is 2.24. The monoisotopic (exact) mass is 228 g/mol. The van der Waals surface area contributed by atoms with E-state index in [4.69, 9.17) is 10.2 Å². The van der Waals surface area contributed by atoms with Crippen molar-refractivity contribution >= 4 is 0 Å². The van der Waals surface area contributed by atoms with Crippen molar-refractivity contribution in [2.45, 2.75) is 52.2 Å². The fourth-order valence-electron chi connectivity index (χ4n) is 1.29. The van der Waals surface area contributed by atoms with Crippen LogP contribution in [0.4, 0.5) is 0 Å². The van der Waals surface area contributed by atoms with Crippen LogP contribution in [0, 0.1) is 0 Å². The lowest BCUT2D eigenvalue weighted by molar-refractivity contribution is -0.0121. The van der Waals surface area contributed by atoms with Crippen LogP contribution in [0.15, 0.2) is 23.3 Å². The van der Waals surface area contributed by atoms with Gasteiger partial charge in [-0.25, -0.2) is 0 Å². The molecule has 0 aromatic carbocycles. The number of aliphatic hydroxyl groups excluding tert-OH is 3. The highest BCUT2D eigenvalue weighted by atomic mass is 16.4. The molecule has 0 spiro atoms. The highest BCUT2D eigenvalue weighted by Crippen LogP contribution is 2.09. The van der Waals surface area contributed by atoms with E-state index in [0.29, 0.717) is 6.42 Å². The fourth-order valence-corrected chi connectivity index (χ4v) is 1.29. The van der Waals surface area contributed by atoms with Crippen molar-refractivity contribution in [2.24, 2.45) is 0 Å². The Bertz CT molecular complexity index is 240. The van der Waals surface area contributed by atoms with Crippen molar-refractivity contribution in [1.82, 2.24) is 0 Å². The normalized spacial score (nSPS) is 15.8. The van der Waals surface area contributed by atoms with Gasteiger partial charge in [-0.05, 0) is 40.0 Å². The van der Waals surface area contributed by atoms with Gasteiger partial charge in [0.2, 0.25) is 0 Å². The minimum absolute atomic E-state index is 0.391. The van der Waals surface area contributed by atoms with Gasteiger partial charge in [-0.15, -0.1) is 0 Å². The standard InChI is InChI=1S/C13H24O3/c1-10(2)5-4-6-11(3)7-8-12(15)13(16)9-14/h5,7,12-16H,4,6,8-9H2,1-3H3. The van der Waals surface area contributed by atoms with Crippen molar-refractivity contribution in [3.8, 4) is 0 Å². The molecule has 2 atom stereocenters. The molecule has 3 heteroatoms. The summed E-state index contributed by atoms with van der Waals surface area (Å²) in [5.41, 5.74) is 2.50. The van der Waals surface area contributed by atoms with Gasteiger partial charge in [0, 0.05) is 0 Å². The van der Waals surface area contributed by atoms with Crippen LogP contribution >= 0.6 is 0 Å². The lowest BCUT2D eigenvalue weighted by Gasteiger charge is -2.13. The quantitative estimate of drug-likeness (QED) is 0.582. The molecule has 0 aliphatic rings. The third-order valence-electron chi connectivity index (χ3n) is 2.43. The highest BCUT2D eigenvalue weighted by Gasteiger charge is 2.12. The molecule has 0 aliphatic carbocycles. The Morgan fingerprint density at radius 2 is 1.69 bits per heavy atom. The summed E-state index contributed by atoms with van der Waals surface area (Å²) in [4.78, 5) is 0. The predicted molar refractivity (Wildman–Crippen MR) is 66.1 cm³/mol. The molecular formula is C13H24O3. The summed E-state index contributed by atoms with van der Waals surface area (Å²) in [7, 11) is 0. The molecule has 0 fully saturated rings. The van der Waals surface area contributed by atoms with Gasteiger partial charge in [0.15, 0.2) is 0 Å². The SMILES string of the molecule is CC(C)=CCCC(C)=CCC(O)C(O)CO. The third kappa shape index (κ3) is 7.63. The number of allylic oxidation sites excluding steroid dienone is 3. The van der Waals surface area contributed by atoms with Crippen LogP contribution in [0.3, 0.4) is 0 Å². The lowest BCUT2D eigenvalue weighted by Crippen LogP contribution is -2.28. The lowest BCUT2D eigenvalue weighted by atomic mass is 10.1. The average molecular weight is 228 g/mol. The van der Waals surface area contributed by atoms with E-state index in [1.54, 1.807) is 0 Å². The van der Waals surface area contributed by atoms with Crippen LogP contribution in [0.1, 0.15) is 40.0 Å². The number of hydrogen-bond donors (Lipinski definition) is 3. The van der Waals surface area contributed by atoms with E-state index in [0.717, 1.165) is 12.8 Å². The molecule has 0 heterocycles. The van der Waals surface area contributed by atoms with Crippen LogP contribution in [-0.2, 0) is 0 Å². The van der Waals surface area contributed by atoms with Gasteiger partial charge < -0.3 is 15.3 Å². The summed E-state index contributed by atoms with van der Waals surface area (Å²) < 4.78 is 0. The second kappa shape index (κ2) is 8.50. The van der Waals surface area contributed by atoms with E-state index in [-0.39, 0.29) is 0 Å². The van der Waals surface area contributed by atoms with Crippen LogP contribution < -0.4 is 0 Å².